The molecule has 0 saturated heterocycles. The Morgan fingerprint density at radius 1 is 0.957 bits per heavy atom. The van der Waals surface area contributed by atoms with Gasteiger partial charge in [-0.15, -0.1) is 19.6 Å². The van der Waals surface area contributed by atoms with Crippen LogP contribution in [0.1, 0.15) is 5.56 Å². The van der Waals surface area contributed by atoms with Crippen LogP contribution in [0.15, 0.2) is 36.4 Å². The molecule has 0 aromatic heterocycles. The molecule has 0 N–H and O–H groups in total. The third kappa shape index (κ3) is 3.34. The molecule has 0 fully saturated rings. The molecule has 0 bridgehead atoms. The number of hydrogen-bond acceptors (Lipinski definition) is 3. The monoisotopic (exact) mass is 320 g/mol. The van der Waals surface area contributed by atoms with Gasteiger partial charge < -0.3 is 14.2 Å². The highest BCUT2D eigenvalue weighted by Crippen LogP contribution is 2.36. The molecular weight excluding hydrogens is 309 g/mol. The van der Waals surface area contributed by atoms with Crippen LogP contribution in [0.4, 0.5) is 13.2 Å². The zero-order chi connectivity index (χ0) is 16.4. The van der Waals surface area contributed by atoms with E-state index in [1.807, 2.05) is 0 Å². The van der Waals surface area contributed by atoms with Gasteiger partial charge in [0.15, 0.2) is 11.5 Å². The van der Waals surface area contributed by atoms with E-state index < -0.39 is 12.1 Å². The Bertz CT molecular complexity index is 776. The number of ether oxygens (including phenoxy) is 3. The van der Waals surface area contributed by atoms with E-state index in [1.54, 1.807) is 18.2 Å². The van der Waals surface area contributed by atoms with Crippen molar-refractivity contribution in [2.24, 2.45) is 0 Å². The summed E-state index contributed by atoms with van der Waals surface area (Å²) in [5, 5.41) is 0. The Morgan fingerprint density at radius 3 is 2.30 bits per heavy atom. The summed E-state index contributed by atoms with van der Waals surface area (Å²) in [4.78, 5) is 0. The second-order valence-electron chi connectivity index (χ2n) is 4.76. The molecule has 0 amide bonds. The maximum atomic E-state index is 12.3. The van der Waals surface area contributed by atoms with E-state index in [1.165, 1.54) is 18.2 Å². The van der Waals surface area contributed by atoms with E-state index in [-0.39, 0.29) is 5.56 Å². The first-order valence-corrected chi connectivity index (χ1v) is 6.73. The standard InChI is InChI=1S/C17H11F3O3/c1-2-11-9-12(3-5-14(11)23-17(18,19)20)13-4-6-15-16(10-13)22-8-7-21-15/h1,3-6,9-10H,7-8H2. The van der Waals surface area contributed by atoms with Crippen molar-refractivity contribution < 1.29 is 27.4 Å². The Morgan fingerprint density at radius 2 is 1.61 bits per heavy atom. The second kappa shape index (κ2) is 5.76. The Balaban J connectivity index is 1.96. The molecule has 0 unspecified atom stereocenters. The molecule has 0 atom stereocenters. The van der Waals surface area contributed by atoms with E-state index in [9.17, 15) is 13.2 Å². The lowest BCUT2D eigenvalue weighted by Crippen LogP contribution is -2.17. The molecule has 0 saturated carbocycles. The average molecular weight is 320 g/mol. The molecule has 2 aromatic carbocycles. The Hall–Kier alpha value is -2.81. The SMILES string of the molecule is C#Cc1cc(-c2ccc3c(c2)OCCO3)ccc1OC(F)(F)F. The molecular formula is C17H11F3O3. The third-order valence-electron chi connectivity index (χ3n) is 3.24. The van der Waals surface area contributed by atoms with Crippen molar-refractivity contribution in [1.29, 1.82) is 0 Å². The Labute approximate surface area is 130 Å². The highest BCUT2D eigenvalue weighted by Gasteiger charge is 2.32. The minimum Gasteiger partial charge on any atom is -0.486 e. The minimum atomic E-state index is -4.79. The van der Waals surface area contributed by atoms with E-state index >= 15 is 0 Å². The summed E-state index contributed by atoms with van der Waals surface area (Å²) in [5.41, 5.74) is 1.43. The van der Waals surface area contributed by atoms with Crippen molar-refractivity contribution in [3.63, 3.8) is 0 Å². The van der Waals surface area contributed by atoms with Gasteiger partial charge in [0.05, 0.1) is 5.56 Å². The highest BCUT2D eigenvalue weighted by molar-refractivity contribution is 5.70. The number of halogens is 3. The van der Waals surface area contributed by atoms with Crippen molar-refractivity contribution in [2.45, 2.75) is 6.36 Å². The van der Waals surface area contributed by atoms with Gasteiger partial charge in [0, 0.05) is 0 Å². The van der Waals surface area contributed by atoms with Crippen LogP contribution in [0.5, 0.6) is 17.2 Å². The molecule has 1 heterocycles. The first kappa shape index (κ1) is 15.1. The summed E-state index contributed by atoms with van der Waals surface area (Å²) in [6.07, 6.45) is 0.498. The van der Waals surface area contributed by atoms with Gasteiger partial charge in [-0.1, -0.05) is 18.1 Å². The maximum Gasteiger partial charge on any atom is 0.573 e. The molecule has 6 heteroatoms. The van der Waals surface area contributed by atoms with Crippen LogP contribution < -0.4 is 14.2 Å². The molecule has 23 heavy (non-hydrogen) atoms. The van der Waals surface area contributed by atoms with E-state index in [0.717, 1.165) is 5.56 Å². The van der Waals surface area contributed by atoms with Crippen molar-refractivity contribution in [2.75, 3.05) is 13.2 Å². The molecule has 3 rings (SSSR count). The zero-order valence-corrected chi connectivity index (χ0v) is 11.8. The first-order chi connectivity index (χ1) is 11.0. The van der Waals surface area contributed by atoms with Gasteiger partial charge in [-0.25, -0.2) is 0 Å². The topological polar surface area (TPSA) is 27.7 Å². The van der Waals surface area contributed by atoms with Gasteiger partial charge in [-0.05, 0) is 35.4 Å². The molecule has 1 aliphatic heterocycles. The summed E-state index contributed by atoms with van der Waals surface area (Å²) in [6, 6.07) is 9.47. The van der Waals surface area contributed by atoms with Gasteiger partial charge >= 0.3 is 6.36 Å². The van der Waals surface area contributed by atoms with Crippen LogP contribution in [0, 0.1) is 12.3 Å². The normalized spacial score (nSPS) is 13.3. The number of fused-ring (bicyclic) bond motifs is 1. The molecule has 3 nitrogen and oxygen atoms in total. The van der Waals surface area contributed by atoms with Crippen LogP contribution in [0.2, 0.25) is 0 Å². The molecule has 118 valence electrons. The van der Waals surface area contributed by atoms with Crippen molar-refractivity contribution in [3.8, 4) is 40.7 Å². The molecule has 2 aromatic rings. The number of rotatable bonds is 2. The third-order valence-corrected chi connectivity index (χ3v) is 3.24. The summed E-state index contributed by atoms with van der Waals surface area (Å²) >= 11 is 0. The lowest BCUT2D eigenvalue weighted by Gasteiger charge is -2.19. The molecule has 0 aliphatic carbocycles. The smallest absolute Gasteiger partial charge is 0.486 e. The van der Waals surface area contributed by atoms with Crippen LogP contribution >= 0.6 is 0 Å². The van der Waals surface area contributed by atoms with Gasteiger partial charge in [0.1, 0.15) is 19.0 Å². The summed E-state index contributed by atoms with van der Waals surface area (Å²) in [5.74, 6) is 3.03. The fraction of sp³-hybridized carbons (Fsp3) is 0.176. The number of terminal acetylenes is 1. The van der Waals surface area contributed by atoms with Crippen LogP contribution in [0.25, 0.3) is 11.1 Å². The maximum absolute atomic E-state index is 12.3. The fourth-order valence-corrected chi connectivity index (χ4v) is 2.26. The van der Waals surface area contributed by atoms with Gasteiger partial charge in [0.25, 0.3) is 0 Å². The fourth-order valence-electron chi connectivity index (χ4n) is 2.26. The van der Waals surface area contributed by atoms with E-state index in [2.05, 4.69) is 10.7 Å². The van der Waals surface area contributed by atoms with Crippen LogP contribution in [-0.2, 0) is 0 Å². The summed E-state index contributed by atoms with van der Waals surface area (Å²) in [6.45, 7) is 0.932. The number of alkyl halides is 3. The van der Waals surface area contributed by atoms with Gasteiger partial charge in [-0.2, -0.15) is 0 Å². The second-order valence-corrected chi connectivity index (χ2v) is 4.76. The van der Waals surface area contributed by atoms with Crippen LogP contribution in [0.3, 0.4) is 0 Å². The quantitative estimate of drug-likeness (QED) is 0.783. The molecule has 1 aliphatic rings. The minimum absolute atomic E-state index is 0.0229. The molecule has 0 radical (unpaired) electrons. The zero-order valence-electron chi connectivity index (χ0n) is 11.8. The number of hydrogen-bond donors (Lipinski definition) is 0. The number of benzene rings is 2. The predicted molar refractivity (Wildman–Crippen MR) is 77.5 cm³/mol. The summed E-state index contributed by atoms with van der Waals surface area (Å²) < 4.78 is 51.9. The van der Waals surface area contributed by atoms with Crippen molar-refractivity contribution in [1.82, 2.24) is 0 Å². The van der Waals surface area contributed by atoms with Gasteiger partial charge in [0.2, 0.25) is 0 Å². The molecule has 0 spiro atoms. The lowest BCUT2D eigenvalue weighted by molar-refractivity contribution is -0.274. The predicted octanol–water partition coefficient (Wildman–Crippen LogP) is 4.00. The van der Waals surface area contributed by atoms with E-state index in [0.29, 0.717) is 30.3 Å². The Kier molecular flexibility index (Phi) is 3.78. The largest absolute Gasteiger partial charge is 0.573 e. The average Bonchev–Trinajstić information content (AvgIpc) is 2.53. The lowest BCUT2D eigenvalue weighted by atomic mass is 10.0. The van der Waals surface area contributed by atoms with Gasteiger partial charge in [-0.3, -0.25) is 0 Å². The summed E-state index contributed by atoms with van der Waals surface area (Å²) in [7, 11) is 0. The van der Waals surface area contributed by atoms with E-state index in [4.69, 9.17) is 15.9 Å². The van der Waals surface area contributed by atoms with Crippen molar-refractivity contribution in [3.05, 3.63) is 42.0 Å². The first-order valence-electron chi connectivity index (χ1n) is 6.73. The van der Waals surface area contributed by atoms with Crippen LogP contribution in [-0.4, -0.2) is 19.6 Å². The van der Waals surface area contributed by atoms with Crippen molar-refractivity contribution >= 4 is 0 Å². The highest BCUT2D eigenvalue weighted by atomic mass is 19.4.